The van der Waals surface area contributed by atoms with Crippen LogP contribution in [0.1, 0.15) is 39.0 Å². The van der Waals surface area contributed by atoms with Crippen molar-refractivity contribution < 1.29 is 48.3 Å². The van der Waals surface area contributed by atoms with Crippen LogP contribution in [0, 0.1) is 0 Å². The normalized spacial score (nSPS) is 14.5. The molecular weight excluding hydrogens is 522 g/mol. The molecule has 0 spiro atoms. The first-order chi connectivity index (χ1) is 19.0. The van der Waals surface area contributed by atoms with Crippen LogP contribution in [-0.4, -0.2) is 64.8 Å². The fourth-order valence-electron chi connectivity index (χ4n) is 3.98. The Balaban J connectivity index is 1.87. The molecule has 3 rings (SSSR count). The lowest BCUT2D eigenvalue weighted by molar-refractivity contribution is -0.215. The van der Waals surface area contributed by atoms with E-state index in [9.17, 15) is 24.6 Å². The molecule has 4 atom stereocenters. The molecule has 40 heavy (non-hydrogen) atoms. The summed E-state index contributed by atoms with van der Waals surface area (Å²) < 4.78 is 27.0. The number of aromatic hydroxyl groups is 1. The van der Waals surface area contributed by atoms with Crippen molar-refractivity contribution in [2.75, 3.05) is 7.11 Å². The van der Waals surface area contributed by atoms with Gasteiger partial charge in [0.05, 0.1) is 16.8 Å². The van der Waals surface area contributed by atoms with E-state index in [0.717, 1.165) is 24.8 Å². The van der Waals surface area contributed by atoms with Crippen LogP contribution in [-0.2, 0) is 33.3 Å². The number of phenolic OH excluding ortho intramolecular Hbond substituents is 1. The largest absolute Gasteiger partial charge is 0.507 e. The maximum Gasteiger partial charge on any atom is 0.303 e. The predicted molar refractivity (Wildman–Crippen MR) is 144 cm³/mol. The van der Waals surface area contributed by atoms with Crippen molar-refractivity contribution in [1.29, 1.82) is 0 Å². The Morgan fingerprint density at radius 1 is 0.875 bits per heavy atom. The lowest BCUT2D eigenvalue weighted by Crippen LogP contribution is -2.51. The molecule has 0 bridgehead atoms. The molecule has 2 aromatic carbocycles. The van der Waals surface area contributed by atoms with Crippen LogP contribution < -0.4 is 4.74 Å². The van der Waals surface area contributed by atoms with E-state index in [1.54, 1.807) is 6.07 Å². The third kappa shape index (κ3) is 7.93. The highest BCUT2D eigenvalue weighted by Gasteiger charge is 2.41. The van der Waals surface area contributed by atoms with Gasteiger partial charge in [0, 0.05) is 45.4 Å². The first kappa shape index (κ1) is 29.9. The number of carbonyl (C=O) groups is 3. The van der Waals surface area contributed by atoms with Gasteiger partial charge in [0.2, 0.25) is 12.4 Å². The zero-order valence-corrected chi connectivity index (χ0v) is 22.7. The summed E-state index contributed by atoms with van der Waals surface area (Å²) in [6.45, 7) is 4.92. The molecule has 212 valence electrons. The highest BCUT2D eigenvalue weighted by atomic mass is 16.7. The number of benzene rings is 2. The van der Waals surface area contributed by atoms with Crippen molar-refractivity contribution in [3.8, 4) is 11.5 Å². The van der Waals surface area contributed by atoms with Gasteiger partial charge in [-0.1, -0.05) is 24.3 Å². The number of fused-ring (bicyclic) bond motifs is 1. The second-order valence-corrected chi connectivity index (χ2v) is 8.82. The third-order valence-electron chi connectivity index (χ3n) is 5.64. The fraction of sp³-hybridized carbons (Fsp3) is 0.310. The van der Waals surface area contributed by atoms with Gasteiger partial charge >= 0.3 is 17.9 Å². The Hall–Kier alpha value is -4.64. The number of carbonyl (C=O) groups excluding carboxylic acids is 3. The minimum Gasteiger partial charge on any atom is -0.507 e. The first-order valence-corrected chi connectivity index (χ1v) is 12.3. The summed E-state index contributed by atoms with van der Waals surface area (Å²) in [6.07, 6.45) is -3.63. The van der Waals surface area contributed by atoms with E-state index in [1.165, 1.54) is 45.2 Å². The number of ether oxygens (including phenoxy) is 5. The van der Waals surface area contributed by atoms with E-state index >= 15 is 0 Å². The number of aromatic nitrogens is 1. The van der Waals surface area contributed by atoms with E-state index in [4.69, 9.17) is 23.7 Å². The minimum absolute atomic E-state index is 0.0728. The van der Waals surface area contributed by atoms with Crippen molar-refractivity contribution in [2.24, 2.45) is 0 Å². The molecule has 0 aliphatic rings. The zero-order valence-electron chi connectivity index (χ0n) is 22.7. The summed E-state index contributed by atoms with van der Waals surface area (Å²) >= 11 is 0. The number of esters is 3. The average molecular weight is 554 g/mol. The number of nitrogens with zero attached hydrogens (tertiary/aromatic N) is 1. The molecule has 1 heterocycles. The van der Waals surface area contributed by atoms with Crippen LogP contribution in [0.3, 0.4) is 0 Å². The Labute approximate surface area is 230 Å². The number of rotatable bonds is 11. The summed E-state index contributed by atoms with van der Waals surface area (Å²) in [5.74, 6) is -2.59. The number of hydrogen-bond donors (Lipinski definition) is 2. The van der Waals surface area contributed by atoms with E-state index < -0.39 is 42.5 Å². The lowest BCUT2D eigenvalue weighted by atomic mass is 10.1. The molecule has 0 amide bonds. The molecule has 11 nitrogen and oxygen atoms in total. The summed E-state index contributed by atoms with van der Waals surface area (Å²) in [5.41, 5.74) is 1.34. The maximum atomic E-state index is 11.9. The summed E-state index contributed by atoms with van der Waals surface area (Å²) in [5, 5.41) is 22.3. The second-order valence-electron chi connectivity index (χ2n) is 8.82. The Morgan fingerprint density at radius 2 is 1.52 bits per heavy atom. The van der Waals surface area contributed by atoms with Gasteiger partial charge in [-0.25, -0.2) is 4.98 Å². The van der Waals surface area contributed by atoms with Gasteiger partial charge in [-0.05, 0) is 31.2 Å². The number of phenols is 1. The van der Waals surface area contributed by atoms with Gasteiger partial charge in [-0.2, -0.15) is 0 Å². The highest BCUT2D eigenvalue weighted by Crippen LogP contribution is 2.31. The lowest BCUT2D eigenvalue weighted by Gasteiger charge is -2.34. The molecule has 0 saturated carbocycles. The monoisotopic (exact) mass is 553 g/mol. The Kier molecular flexibility index (Phi) is 10.0. The minimum atomic E-state index is -1.37. The van der Waals surface area contributed by atoms with Gasteiger partial charge in [0.1, 0.15) is 23.4 Å². The topological polar surface area (TPSA) is 151 Å². The standard InChI is InChI=1S/C29H31NO10/c1-16(37-17(2)31)27(38-18(3)32)28(39-19(4)33)29(36-5)40-22-12-13-23(26(35)15-22)25(34)14-21-11-10-20-8-6-7-9-24(20)30-21/h6-16,27-29,34-35H,1-5H3/b25-14-/t16-,27+,28-,29-/m0/s1. The number of para-hydroxylation sites is 1. The van der Waals surface area contributed by atoms with Crippen molar-refractivity contribution in [3.05, 3.63) is 65.9 Å². The number of methoxy groups -OCH3 is 1. The summed E-state index contributed by atoms with van der Waals surface area (Å²) in [6, 6.07) is 15.2. The molecule has 0 aliphatic carbocycles. The molecule has 11 heteroatoms. The highest BCUT2D eigenvalue weighted by molar-refractivity contribution is 5.83. The molecule has 0 radical (unpaired) electrons. The van der Waals surface area contributed by atoms with Crippen LogP contribution >= 0.6 is 0 Å². The average Bonchev–Trinajstić information content (AvgIpc) is 2.88. The van der Waals surface area contributed by atoms with E-state index in [-0.39, 0.29) is 22.8 Å². The van der Waals surface area contributed by atoms with Crippen LogP contribution in [0.2, 0.25) is 0 Å². The van der Waals surface area contributed by atoms with Crippen molar-refractivity contribution in [1.82, 2.24) is 4.98 Å². The molecule has 3 aromatic rings. The molecule has 0 unspecified atom stereocenters. The molecule has 2 N–H and O–H groups in total. The van der Waals surface area contributed by atoms with Crippen LogP contribution in [0.25, 0.3) is 22.7 Å². The fourth-order valence-corrected chi connectivity index (χ4v) is 3.98. The van der Waals surface area contributed by atoms with Gasteiger partial charge in [-0.3, -0.25) is 14.4 Å². The number of hydrogen-bond acceptors (Lipinski definition) is 11. The van der Waals surface area contributed by atoms with Gasteiger partial charge in [0.25, 0.3) is 0 Å². The van der Waals surface area contributed by atoms with Crippen molar-refractivity contribution >= 4 is 40.6 Å². The first-order valence-electron chi connectivity index (χ1n) is 12.3. The summed E-state index contributed by atoms with van der Waals surface area (Å²) in [7, 11) is 1.27. The molecule has 0 aliphatic heterocycles. The van der Waals surface area contributed by atoms with Crippen LogP contribution in [0.5, 0.6) is 11.5 Å². The predicted octanol–water partition coefficient (Wildman–Crippen LogP) is 4.16. The van der Waals surface area contributed by atoms with E-state index in [0.29, 0.717) is 5.69 Å². The maximum absolute atomic E-state index is 11.9. The molecule has 0 fully saturated rings. The van der Waals surface area contributed by atoms with Crippen molar-refractivity contribution in [3.63, 3.8) is 0 Å². The van der Waals surface area contributed by atoms with E-state index in [1.807, 2.05) is 30.3 Å². The second kappa shape index (κ2) is 13.4. The van der Waals surface area contributed by atoms with Gasteiger partial charge in [-0.15, -0.1) is 0 Å². The van der Waals surface area contributed by atoms with Crippen molar-refractivity contribution in [2.45, 2.75) is 52.3 Å². The smallest absolute Gasteiger partial charge is 0.303 e. The Bertz CT molecular complexity index is 1400. The number of aliphatic hydroxyl groups is 1. The Morgan fingerprint density at radius 3 is 2.15 bits per heavy atom. The third-order valence-corrected chi connectivity index (χ3v) is 5.64. The molecule has 1 aromatic heterocycles. The van der Waals surface area contributed by atoms with Crippen LogP contribution in [0.4, 0.5) is 0 Å². The van der Waals surface area contributed by atoms with E-state index in [2.05, 4.69) is 4.98 Å². The zero-order chi connectivity index (χ0) is 29.4. The van der Waals surface area contributed by atoms with Gasteiger partial charge < -0.3 is 33.9 Å². The quantitative estimate of drug-likeness (QED) is 0.152. The molecule has 0 saturated heterocycles. The molecular formula is C29H31NO10. The van der Waals surface area contributed by atoms with Gasteiger partial charge in [0.15, 0.2) is 6.10 Å². The SMILES string of the molecule is CO[C@@H](Oc1ccc(/C(O)=C/c2ccc3ccccc3n2)c(O)c1)[C@@H](OC(C)=O)[C@H](OC(C)=O)[C@H](C)OC(C)=O. The number of pyridine rings is 1. The number of aliphatic hydroxyl groups excluding tert-OH is 1. The van der Waals surface area contributed by atoms with Crippen LogP contribution in [0.15, 0.2) is 54.6 Å². The summed E-state index contributed by atoms with van der Waals surface area (Å²) in [4.78, 5) is 39.7.